The van der Waals surface area contributed by atoms with Crippen molar-refractivity contribution >= 4 is 9.24 Å². The van der Waals surface area contributed by atoms with Crippen LogP contribution in [0.15, 0.2) is 12.2 Å². The van der Waals surface area contributed by atoms with E-state index in [1.165, 1.54) is 64.2 Å². The lowest BCUT2D eigenvalue weighted by Crippen LogP contribution is -2.39. The largest absolute Gasteiger partial charge is 0.247 e. The maximum atomic E-state index is 12.6. The van der Waals surface area contributed by atoms with Crippen molar-refractivity contribution in [3.8, 4) is 0 Å². The normalized spacial score (nSPS) is 24.8. The molecular formula is C16H28FP. The second-order valence-corrected chi connectivity index (χ2v) is 7.23. The molecule has 0 bridgehead atoms. The fourth-order valence-corrected chi connectivity index (χ4v) is 4.86. The Morgan fingerprint density at radius 2 is 1.33 bits per heavy atom. The molecule has 2 aliphatic carbocycles. The van der Waals surface area contributed by atoms with E-state index in [1.807, 2.05) is 0 Å². The molecule has 0 amide bonds. The molecule has 2 aliphatic rings. The van der Waals surface area contributed by atoms with E-state index in [9.17, 15) is 4.39 Å². The predicted molar refractivity (Wildman–Crippen MR) is 80.7 cm³/mol. The van der Waals surface area contributed by atoms with Crippen LogP contribution in [0.25, 0.3) is 0 Å². The van der Waals surface area contributed by atoms with Crippen molar-refractivity contribution in [1.82, 2.24) is 0 Å². The Hall–Kier alpha value is 0.100. The molecule has 0 nitrogen and oxygen atoms in total. The molecule has 1 unspecified atom stereocenters. The van der Waals surface area contributed by atoms with Gasteiger partial charge in [-0.15, -0.1) is 9.24 Å². The van der Waals surface area contributed by atoms with Gasteiger partial charge in [0.2, 0.25) is 0 Å². The summed E-state index contributed by atoms with van der Waals surface area (Å²) in [5.74, 6) is 1.53. The molecule has 104 valence electrons. The molecule has 0 aliphatic heterocycles. The Morgan fingerprint density at radius 3 is 1.72 bits per heavy atom. The van der Waals surface area contributed by atoms with Gasteiger partial charge in [0.15, 0.2) is 0 Å². The third-order valence-electron chi connectivity index (χ3n) is 5.12. The Bertz CT molecular complexity index is 244. The van der Waals surface area contributed by atoms with Gasteiger partial charge in [-0.1, -0.05) is 50.7 Å². The topological polar surface area (TPSA) is 0 Å². The lowest BCUT2D eigenvalue weighted by Gasteiger charge is -2.45. The Labute approximate surface area is 114 Å². The van der Waals surface area contributed by atoms with E-state index in [0.717, 1.165) is 11.8 Å². The summed E-state index contributed by atoms with van der Waals surface area (Å²) in [6.07, 6.45) is 17.6. The van der Waals surface area contributed by atoms with Gasteiger partial charge in [0.05, 0.1) is 0 Å². The smallest absolute Gasteiger partial charge is 0.108 e. The Morgan fingerprint density at radius 1 is 0.889 bits per heavy atom. The third kappa shape index (κ3) is 3.35. The van der Waals surface area contributed by atoms with Crippen LogP contribution in [0.4, 0.5) is 4.39 Å². The molecule has 0 saturated heterocycles. The molecule has 0 spiro atoms. The zero-order valence-corrected chi connectivity index (χ0v) is 12.7. The molecule has 1 atom stereocenters. The van der Waals surface area contributed by atoms with Crippen LogP contribution >= 0.6 is 9.24 Å². The second kappa shape index (κ2) is 7.04. The van der Waals surface area contributed by atoms with Crippen LogP contribution in [-0.2, 0) is 0 Å². The molecule has 2 fully saturated rings. The lowest BCUT2D eigenvalue weighted by molar-refractivity contribution is 0.208. The summed E-state index contributed by atoms with van der Waals surface area (Å²) in [6.45, 7) is -0.310. The van der Waals surface area contributed by atoms with Crippen LogP contribution in [0.3, 0.4) is 0 Å². The molecule has 0 aromatic carbocycles. The van der Waals surface area contributed by atoms with Crippen LogP contribution in [0.1, 0.15) is 64.2 Å². The monoisotopic (exact) mass is 270 g/mol. The first-order valence-corrected chi connectivity index (χ1v) is 8.37. The molecule has 0 N–H and O–H groups in total. The highest BCUT2D eigenvalue weighted by Gasteiger charge is 2.39. The fourth-order valence-electron chi connectivity index (χ4n) is 4.06. The van der Waals surface area contributed by atoms with Crippen molar-refractivity contribution in [2.75, 3.05) is 6.67 Å². The van der Waals surface area contributed by atoms with Crippen LogP contribution in [0, 0.1) is 11.8 Å². The first-order valence-electron chi connectivity index (χ1n) is 7.80. The second-order valence-electron chi connectivity index (χ2n) is 6.23. The van der Waals surface area contributed by atoms with E-state index < -0.39 is 0 Å². The van der Waals surface area contributed by atoms with Gasteiger partial charge in [-0.25, -0.2) is 4.39 Å². The van der Waals surface area contributed by atoms with Gasteiger partial charge in [-0.3, -0.25) is 0 Å². The average Bonchev–Trinajstić information content (AvgIpc) is 2.46. The molecule has 2 heteroatoms. The number of hydrogen-bond acceptors (Lipinski definition) is 0. The van der Waals surface area contributed by atoms with Crippen molar-refractivity contribution in [3.05, 3.63) is 12.2 Å². The highest BCUT2D eigenvalue weighted by Crippen LogP contribution is 2.49. The Kier molecular flexibility index (Phi) is 5.67. The van der Waals surface area contributed by atoms with E-state index in [1.54, 1.807) is 6.08 Å². The summed E-state index contributed by atoms with van der Waals surface area (Å²) in [4.78, 5) is 0. The van der Waals surface area contributed by atoms with E-state index >= 15 is 0 Å². The summed E-state index contributed by atoms with van der Waals surface area (Å²) >= 11 is 0. The summed E-state index contributed by atoms with van der Waals surface area (Å²) in [5.41, 5.74) is 0. The highest BCUT2D eigenvalue weighted by atomic mass is 31.0. The van der Waals surface area contributed by atoms with Crippen molar-refractivity contribution in [1.29, 1.82) is 0 Å². The summed E-state index contributed by atoms with van der Waals surface area (Å²) in [5, 5.41) is 0.187. The van der Waals surface area contributed by atoms with Gasteiger partial charge in [0, 0.05) is 5.16 Å². The number of hydrogen-bond donors (Lipinski definition) is 0. The first-order chi connectivity index (χ1) is 8.77. The van der Waals surface area contributed by atoms with E-state index in [-0.39, 0.29) is 11.8 Å². The standard InChI is InChI=1S/C16H28FP/c17-13-7-12-16(18,14-8-3-1-4-9-14)15-10-5-2-6-11-15/h7,12,14-15H,1-6,8-11,13,18H2. The zero-order valence-electron chi connectivity index (χ0n) is 11.5. The number of halogens is 1. The van der Waals surface area contributed by atoms with Gasteiger partial charge < -0.3 is 0 Å². The van der Waals surface area contributed by atoms with Gasteiger partial charge in [-0.2, -0.15) is 0 Å². The van der Waals surface area contributed by atoms with Crippen molar-refractivity contribution < 1.29 is 4.39 Å². The quantitative estimate of drug-likeness (QED) is 0.481. The predicted octanol–water partition coefficient (Wildman–Crippen LogP) is 5.29. The zero-order chi connectivity index (χ0) is 12.8. The van der Waals surface area contributed by atoms with Gasteiger partial charge in [0.25, 0.3) is 0 Å². The molecular weight excluding hydrogens is 242 g/mol. The van der Waals surface area contributed by atoms with E-state index in [0.29, 0.717) is 0 Å². The van der Waals surface area contributed by atoms with Crippen LogP contribution in [-0.4, -0.2) is 11.8 Å². The van der Waals surface area contributed by atoms with Crippen LogP contribution in [0.5, 0.6) is 0 Å². The lowest BCUT2D eigenvalue weighted by atomic mass is 9.68. The molecule has 2 saturated carbocycles. The van der Waals surface area contributed by atoms with Crippen molar-refractivity contribution in [3.63, 3.8) is 0 Å². The minimum atomic E-state index is -0.310. The minimum Gasteiger partial charge on any atom is -0.247 e. The SMILES string of the molecule is FCC=CC(P)(C1CCCCC1)C1CCCCC1. The molecule has 18 heavy (non-hydrogen) atoms. The first kappa shape index (κ1) is 14.5. The average molecular weight is 270 g/mol. The summed E-state index contributed by atoms with van der Waals surface area (Å²) in [6, 6.07) is 0. The number of alkyl halides is 1. The summed E-state index contributed by atoms with van der Waals surface area (Å²) in [7, 11) is 3.15. The summed E-state index contributed by atoms with van der Waals surface area (Å²) < 4.78 is 12.6. The van der Waals surface area contributed by atoms with E-state index in [2.05, 4.69) is 15.3 Å². The third-order valence-corrected chi connectivity index (χ3v) is 6.26. The maximum absolute atomic E-state index is 12.6. The van der Waals surface area contributed by atoms with Gasteiger partial charge in [0.1, 0.15) is 6.67 Å². The molecule has 2 rings (SSSR count). The molecule has 0 aromatic rings. The highest BCUT2D eigenvalue weighted by molar-refractivity contribution is 7.19. The van der Waals surface area contributed by atoms with Gasteiger partial charge >= 0.3 is 0 Å². The van der Waals surface area contributed by atoms with Crippen molar-refractivity contribution in [2.24, 2.45) is 11.8 Å². The molecule has 0 radical (unpaired) electrons. The molecule has 0 heterocycles. The number of rotatable bonds is 4. The fraction of sp³-hybridized carbons (Fsp3) is 0.875. The molecule has 0 aromatic heterocycles. The van der Waals surface area contributed by atoms with Crippen molar-refractivity contribution in [2.45, 2.75) is 69.4 Å². The maximum Gasteiger partial charge on any atom is 0.108 e. The number of allylic oxidation sites excluding steroid dienone is 2. The Balaban J connectivity index is 2.11. The van der Waals surface area contributed by atoms with Gasteiger partial charge in [-0.05, 0) is 37.5 Å². The van der Waals surface area contributed by atoms with Crippen LogP contribution < -0.4 is 0 Å². The van der Waals surface area contributed by atoms with Crippen LogP contribution in [0.2, 0.25) is 0 Å². The van der Waals surface area contributed by atoms with E-state index in [4.69, 9.17) is 0 Å². The minimum absolute atomic E-state index is 0.187.